The molecule has 0 fully saturated rings. The lowest BCUT2D eigenvalue weighted by atomic mass is 10.3. The highest BCUT2D eigenvalue weighted by molar-refractivity contribution is 5.74. The number of para-hydroxylation sites is 1. The second kappa shape index (κ2) is 5.24. The number of amides is 1. The number of nitrogens with zero attached hydrogens (tertiary/aromatic N) is 1. The SMILES string of the molecule is CC(=O)N(CCO)Nc1ccccc1. The quantitative estimate of drug-likeness (QED) is 0.699. The third-order valence-electron chi connectivity index (χ3n) is 1.74. The Bertz CT molecular complexity index is 287. The Hall–Kier alpha value is -1.55. The van der Waals surface area contributed by atoms with Crippen LogP contribution in [0.3, 0.4) is 0 Å². The van der Waals surface area contributed by atoms with Crippen LogP contribution < -0.4 is 5.43 Å². The van der Waals surface area contributed by atoms with Gasteiger partial charge in [-0.1, -0.05) is 18.2 Å². The van der Waals surface area contributed by atoms with E-state index in [1.165, 1.54) is 11.9 Å². The van der Waals surface area contributed by atoms with Crippen LogP contribution in [-0.4, -0.2) is 29.2 Å². The minimum Gasteiger partial charge on any atom is -0.394 e. The Kier molecular flexibility index (Phi) is 3.94. The number of hydrazine groups is 1. The average Bonchev–Trinajstić information content (AvgIpc) is 2.18. The van der Waals surface area contributed by atoms with E-state index in [0.717, 1.165) is 5.69 Å². The molecule has 2 N–H and O–H groups in total. The van der Waals surface area contributed by atoms with Crippen molar-refractivity contribution in [2.24, 2.45) is 0 Å². The lowest BCUT2D eigenvalue weighted by Gasteiger charge is -2.21. The minimum atomic E-state index is -0.122. The van der Waals surface area contributed by atoms with E-state index < -0.39 is 0 Å². The van der Waals surface area contributed by atoms with E-state index in [1.807, 2.05) is 30.3 Å². The summed E-state index contributed by atoms with van der Waals surface area (Å²) in [4.78, 5) is 11.1. The molecule has 4 heteroatoms. The van der Waals surface area contributed by atoms with Crippen LogP contribution in [0.15, 0.2) is 30.3 Å². The molecule has 1 aromatic carbocycles. The molecule has 0 radical (unpaired) electrons. The zero-order chi connectivity index (χ0) is 10.4. The molecule has 0 bridgehead atoms. The average molecular weight is 194 g/mol. The van der Waals surface area contributed by atoms with Gasteiger partial charge in [0, 0.05) is 6.92 Å². The monoisotopic (exact) mass is 194 g/mol. The molecule has 0 aliphatic heterocycles. The molecule has 0 aliphatic rings. The van der Waals surface area contributed by atoms with Crippen molar-refractivity contribution in [3.8, 4) is 0 Å². The number of hydrogen-bond acceptors (Lipinski definition) is 3. The predicted molar refractivity (Wildman–Crippen MR) is 54.5 cm³/mol. The van der Waals surface area contributed by atoms with Crippen molar-refractivity contribution >= 4 is 11.6 Å². The standard InChI is InChI=1S/C10H14N2O2/c1-9(14)12(7-8-13)11-10-5-3-2-4-6-10/h2-6,11,13H,7-8H2,1H3. The summed E-state index contributed by atoms with van der Waals surface area (Å²) in [5.74, 6) is -0.122. The molecule has 14 heavy (non-hydrogen) atoms. The number of aliphatic hydroxyl groups excluding tert-OH is 1. The number of nitrogens with one attached hydrogen (secondary N) is 1. The first kappa shape index (κ1) is 10.5. The van der Waals surface area contributed by atoms with Crippen LogP contribution in [0.5, 0.6) is 0 Å². The molecule has 0 saturated heterocycles. The van der Waals surface area contributed by atoms with Gasteiger partial charge in [0.25, 0.3) is 0 Å². The molecule has 0 atom stereocenters. The third kappa shape index (κ3) is 3.06. The van der Waals surface area contributed by atoms with E-state index in [0.29, 0.717) is 0 Å². The smallest absolute Gasteiger partial charge is 0.237 e. The second-order valence-electron chi connectivity index (χ2n) is 2.87. The highest BCUT2D eigenvalue weighted by atomic mass is 16.3. The molecule has 1 amide bonds. The Labute approximate surface area is 83.1 Å². The molecule has 0 aromatic heterocycles. The fourth-order valence-corrected chi connectivity index (χ4v) is 1.06. The normalized spacial score (nSPS) is 9.57. The van der Waals surface area contributed by atoms with Crippen LogP contribution in [0.4, 0.5) is 5.69 Å². The van der Waals surface area contributed by atoms with Crippen LogP contribution in [0.1, 0.15) is 6.92 Å². The Balaban J connectivity index is 2.60. The maximum Gasteiger partial charge on any atom is 0.237 e. The molecule has 0 aliphatic carbocycles. The van der Waals surface area contributed by atoms with E-state index in [4.69, 9.17) is 5.11 Å². The van der Waals surface area contributed by atoms with Crippen molar-refractivity contribution in [2.45, 2.75) is 6.92 Å². The van der Waals surface area contributed by atoms with Crippen LogP contribution in [-0.2, 0) is 4.79 Å². The number of benzene rings is 1. The van der Waals surface area contributed by atoms with E-state index in [9.17, 15) is 4.79 Å². The molecule has 4 nitrogen and oxygen atoms in total. The summed E-state index contributed by atoms with van der Waals surface area (Å²) in [7, 11) is 0. The van der Waals surface area contributed by atoms with Gasteiger partial charge >= 0.3 is 0 Å². The van der Waals surface area contributed by atoms with Crippen LogP contribution >= 0.6 is 0 Å². The van der Waals surface area contributed by atoms with Gasteiger partial charge in [-0.3, -0.25) is 15.2 Å². The van der Waals surface area contributed by atoms with Gasteiger partial charge in [-0.15, -0.1) is 0 Å². The van der Waals surface area contributed by atoms with Crippen LogP contribution in [0.25, 0.3) is 0 Å². The number of anilines is 1. The molecule has 1 rings (SSSR count). The first-order valence-electron chi connectivity index (χ1n) is 4.44. The lowest BCUT2D eigenvalue weighted by Crippen LogP contribution is -2.36. The van der Waals surface area contributed by atoms with Crippen molar-refractivity contribution < 1.29 is 9.90 Å². The summed E-state index contributed by atoms with van der Waals surface area (Å²) in [5, 5.41) is 10.1. The van der Waals surface area contributed by atoms with Gasteiger partial charge in [0.05, 0.1) is 18.8 Å². The molecule has 0 heterocycles. The van der Waals surface area contributed by atoms with Gasteiger partial charge < -0.3 is 5.11 Å². The van der Waals surface area contributed by atoms with Gasteiger partial charge in [0.1, 0.15) is 0 Å². The zero-order valence-corrected chi connectivity index (χ0v) is 8.10. The highest BCUT2D eigenvalue weighted by Crippen LogP contribution is 2.06. The van der Waals surface area contributed by atoms with Crippen molar-refractivity contribution in [1.29, 1.82) is 0 Å². The van der Waals surface area contributed by atoms with Crippen molar-refractivity contribution in [3.05, 3.63) is 30.3 Å². The molecule has 0 unspecified atom stereocenters. The van der Waals surface area contributed by atoms with Crippen LogP contribution in [0, 0.1) is 0 Å². The molecule has 1 aromatic rings. The molecule has 76 valence electrons. The fourth-order valence-electron chi connectivity index (χ4n) is 1.06. The summed E-state index contributed by atoms with van der Waals surface area (Å²) in [6.07, 6.45) is 0. The molecule has 0 spiro atoms. The van der Waals surface area contributed by atoms with Crippen LogP contribution in [0.2, 0.25) is 0 Å². The summed E-state index contributed by atoms with van der Waals surface area (Å²) < 4.78 is 0. The first-order chi connectivity index (χ1) is 6.74. The number of hydrogen-bond donors (Lipinski definition) is 2. The lowest BCUT2D eigenvalue weighted by molar-refractivity contribution is -0.128. The Morgan fingerprint density at radius 3 is 2.57 bits per heavy atom. The predicted octanol–water partition coefficient (Wildman–Crippen LogP) is 0.854. The molecular weight excluding hydrogens is 180 g/mol. The number of carbonyl (C=O) groups excluding carboxylic acids is 1. The van der Waals surface area contributed by atoms with E-state index in [-0.39, 0.29) is 19.1 Å². The number of aliphatic hydroxyl groups is 1. The van der Waals surface area contributed by atoms with Crippen molar-refractivity contribution in [2.75, 3.05) is 18.6 Å². The van der Waals surface area contributed by atoms with Gasteiger partial charge in [-0.25, -0.2) is 0 Å². The van der Waals surface area contributed by atoms with E-state index in [2.05, 4.69) is 5.43 Å². The Morgan fingerprint density at radius 1 is 1.43 bits per heavy atom. The zero-order valence-electron chi connectivity index (χ0n) is 8.10. The fraction of sp³-hybridized carbons (Fsp3) is 0.300. The Morgan fingerprint density at radius 2 is 2.07 bits per heavy atom. The molecular formula is C10H14N2O2. The first-order valence-corrected chi connectivity index (χ1v) is 4.44. The molecule has 0 saturated carbocycles. The maximum absolute atomic E-state index is 11.1. The largest absolute Gasteiger partial charge is 0.394 e. The van der Waals surface area contributed by atoms with Gasteiger partial charge in [-0.05, 0) is 12.1 Å². The summed E-state index contributed by atoms with van der Waals surface area (Å²) in [6.45, 7) is 1.68. The minimum absolute atomic E-state index is 0.0561. The number of carbonyl (C=O) groups is 1. The highest BCUT2D eigenvalue weighted by Gasteiger charge is 2.06. The third-order valence-corrected chi connectivity index (χ3v) is 1.74. The summed E-state index contributed by atoms with van der Waals surface area (Å²) in [5.41, 5.74) is 3.73. The van der Waals surface area contributed by atoms with Gasteiger partial charge in [0.2, 0.25) is 5.91 Å². The number of rotatable bonds is 4. The summed E-state index contributed by atoms with van der Waals surface area (Å²) in [6, 6.07) is 9.36. The van der Waals surface area contributed by atoms with Gasteiger partial charge in [0.15, 0.2) is 0 Å². The van der Waals surface area contributed by atoms with E-state index >= 15 is 0 Å². The summed E-state index contributed by atoms with van der Waals surface area (Å²) >= 11 is 0. The van der Waals surface area contributed by atoms with Crippen molar-refractivity contribution in [1.82, 2.24) is 5.01 Å². The topological polar surface area (TPSA) is 52.6 Å². The van der Waals surface area contributed by atoms with E-state index in [1.54, 1.807) is 0 Å². The van der Waals surface area contributed by atoms with Gasteiger partial charge in [-0.2, -0.15) is 0 Å². The van der Waals surface area contributed by atoms with Crippen molar-refractivity contribution in [3.63, 3.8) is 0 Å². The maximum atomic E-state index is 11.1. The second-order valence-corrected chi connectivity index (χ2v) is 2.87.